The highest BCUT2D eigenvalue weighted by molar-refractivity contribution is 7.15. The Bertz CT molecular complexity index is 1190. The first kappa shape index (κ1) is 20.1. The molecule has 0 unspecified atom stereocenters. The van der Waals surface area contributed by atoms with Gasteiger partial charge in [-0.15, -0.1) is 10.2 Å². The Morgan fingerprint density at radius 3 is 2.87 bits per heavy atom. The summed E-state index contributed by atoms with van der Waals surface area (Å²) >= 11 is 1.64. The summed E-state index contributed by atoms with van der Waals surface area (Å²) in [4.78, 5) is 9.44. The van der Waals surface area contributed by atoms with Crippen LogP contribution in [0.1, 0.15) is 62.1 Å². The van der Waals surface area contributed by atoms with Gasteiger partial charge in [0, 0.05) is 36.5 Å². The number of rotatable bonds is 7. The van der Waals surface area contributed by atoms with Gasteiger partial charge >= 0.3 is 0 Å². The van der Waals surface area contributed by atoms with Crippen molar-refractivity contribution in [1.29, 1.82) is 0 Å². The number of unbranched alkanes of at least 4 members (excludes halogenated alkanes) is 1. The van der Waals surface area contributed by atoms with Gasteiger partial charge < -0.3 is 5.32 Å². The van der Waals surface area contributed by atoms with Crippen molar-refractivity contribution in [3.8, 4) is 11.1 Å². The highest BCUT2D eigenvalue weighted by Crippen LogP contribution is 2.37. The Labute approximate surface area is 186 Å². The van der Waals surface area contributed by atoms with Crippen LogP contribution in [0.25, 0.3) is 22.2 Å². The molecule has 1 saturated carbocycles. The molecule has 1 fully saturated rings. The number of nitrogens with one attached hydrogen (secondary N) is 1. The maximum Gasteiger partial charge on any atom is 0.211 e. The molecule has 160 valence electrons. The first-order valence-electron chi connectivity index (χ1n) is 11.1. The Kier molecular flexibility index (Phi) is 5.63. The zero-order valence-corrected chi connectivity index (χ0v) is 18.8. The van der Waals surface area contributed by atoms with Crippen molar-refractivity contribution in [3.05, 3.63) is 41.3 Å². The minimum absolute atomic E-state index is 0.575. The third kappa shape index (κ3) is 4.30. The van der Waals surface area contributed by atoms with Crippen molar-refractivity contribution < 1.29 is 0 Å². The molecule has 1 aliphatic rings. The predicted molar refractivity (Wildman–Crippen MR) is 125 cm³/mol. The van der Waals surface area contributed by atoms with Crippen molar-refractivity contribution in [1.82, 2.24) is 29.9 Å². The molecule has 5 rings (SSSR count). The van der Waals surface area contributed by atoms with Crippen LogP contribution < -0.4 is 5.32 Å². The first-order valence-corrected chi connectivity index (χ1v) is 11.9. The fraction of sp³-hybridized carbons (Fsp3) is 0.435. The molecule has 1 N–H and O–H groups in total. The Morgan fingerprint density at radius 1 is 1.16 bits per heavy atom. The summed E-state index contributed by atoms with van der Waals surface area (Å²) in [7, 11) is 1.97. The van der Waals surface area contributed by atoms with Crippen molar-refractivity contribution >= 4 is 33.3 Å². The molecule has 4 heterocycles. The van der Waals surface area contributed by atoms with E-state index in [9.17, 15) is 0 Å². The SMILES string of the molecule is CCCCc1nn(C)cc1-c1cnc2ccc(Nc3nnc(C4CCCC4)s3)nc2c1. The lowest BCUT2D eigenvalue weighted by atomic mass is 10.0. The molecule has 0 saturated heterocycles. The molecule has 0 spiro atoms. The topological polar surface area (TPSA) is 81.4 Å². The monoisotopic (exact) mass is 433 g/mol. The predicted octanol–water partition coefficient (Wildman–Crippen LogP) is 5.63. The molecule has 1 aliphatic carbocycles. The van der Waals surface area contributed by atoms with Crippen LogP contribution in [0.3, 0.4) is 0 Å². The number of fused-ring (bicyclic) bond motifs is 1. The van der Waals surface area contributed by atoms with E-state index in [0.29, 0.717) is 5.92 Å². The lowest BCUT2D eigenvalue weighted by molar-refractivity contribution is 0.705. The molecule has 0 atom stereocenters. The van der Waals surface area contributed by atoms with Crippen molar-refractivity contribution in [3.63, 3.8) is 0 Å². The van der Waals surface area contributed by atoms with E-state index in [1.54, 1.807) is 11.3 Å². The number of nitrogens with zero attached hydrogens (tertiary/aromatic N) is 6. The van der Waals surface area contributed by atoms with Crippen LogP contribution in [-0.4, -0.2) is 29.9 Å². The van der Waals surface area contributed by atoms with E-state index in [4.69, 9.17) is 4.98 Å². The second-order valence-corrected chi connectivity index (χ2v) is 9.29. The van der Waals surface area contributed by atoms with E-state index in [2.05, 4.69) is 44.8 Å². The quantitative estimate of drug-likeness (QED) is 0.407. The zero-order chi connectivity index (χ0) is 21.2. The van der Waals surface area contributed by atoms with E-state index in [1.165, 1.54) is 25.7 Å². The summed E-state index contributed by atoms with van der Waals surface area (Å²) in [5.74, 6) is 1.34. The van der Waals surface area contributed by atoms with Gasteiger partial charge in [-0.2, -0.15) is 5.10 Å². The Balaban J connectivity index is 1.41. The van der Waals surface area contributed by atoms with Gasteiger partial charge in [0.2, 0.25) is 5.13 Å². The zero-order valence-electron chi connectivity index (χ0n) is 18.0. The average Bonchev–Trinajstić information content (AvgIpc) is 3.53. The molecule has 0 aromatic carbocycles. The van der Waals surface area contributed by atoms with Gasteiger partial charge in [0.25, 0.3) is 0 Å². The normalized spacial score (nSPS) is 14.5. The molecule has 4 aromatic rings. The fourth-order valence-electron chi connectivity index (χ4n) is 4.26. The number of aromatic nitrogens is 6. The molecule has 4 aromatic heterocycles. The van der Waals surface area contributed by atoms with Gasteiger partial charge in [0.05, 0.1) is 16.7 Å². The van der Waals surface area contributed by atoms with E-state index < -0.39 is 0 Å². The standard InChI is InChI=1S/C23H27N7S/c1-3-4-9-18-17(14-30(2)29-18)16-12-20-19(24-13-16)10-11-21(25-20)26-23-28-27-22(31-23)15-7-5-6-8-15/h10-15H,3-9H2,1-2H3,(H,25,26,28). The molecule has 0 radical (unpaired) electrons. The van der Waals surface area contributed by atoms with Gasteiger partial charge in [0.1, 0.15) is 10.8 Å². The van der Waals surface area contributed by atoms with Gasteiger partial charge in [-0.05, 0) is 43.9 Å². The summed E-state index contributed by atoms with van der Waals surface area (Å²) < 4.78 is 1.88. The van der Waals surface area contributed by atoms with Crippen LogP contribution in [0.15, 0.2) is 30.6 Å². The van der Waals surface area contributed by atoms with Gasteiger partial charge in [-0.1, -0.05) is 37.5 Å². The summed E-state index contributed by atoms with van der Waals surface area (Å²) in [6.45, 7) is 2.20. The maximum atomic E-state index is 4.80. The highest BCUT2D eigenvalue weighted by atomic mass is 32.1. The Morgan fingerprint density at radius 2 is 2.03 bits per heavy atom. The van der Waals surface area contributed by atoms with Crippen LogP contribution in [0.2, 0.25) is 0 Å². The molecular formula is C23H27N7S. The number of hydrogen-bond donors (Lipinski definition) is 1. The van der Waals surface area contributed by atoms with E-state index in [-0.39, 0.29) is 0 Å². The molecule has 8 heteroatoms. The van der Waals surface area contributed by atoms with Crippen LogP contribution in [0.5, 0.6) is 0 Å². The molecular weight excluding hydrogens is 406 g/mol. The number of pyridine rings is 2. The molecule has 31 heavy (non-hydrogen) atoms. The van der Waals surface area contributed by atoms with Crippen LogP contribution >= 0.6 is 11.3 Å². The third-order valence-corrected chi connectivity index (χ3v) is 6.90. The molecule has 0 aliphatic heterocycles. The maximum absolute atomic E-state index is 4.80. The first-order chi connectivity index (χ1) is 15.2. The van der Waals surface area contributed by atoms with Gasteiger partial charge in [0.15, 0.2) is 0 Å². The number of hydrogen-bond acceptors (Lipinski definition) is 7. The van der Waals surface area contributed by atoms with Crippen molar-refractivity contribution in [2.75, 3.05) is 5.32 Å². The number of aryl methyl sites for hydroxylation is 2. The summed E-state index contributed by atoms with van der Waals surface area (Å²) in [5.41, 5.74) is 5.03. The highest BCUT2D eigenvalue weighted by Gasteiger charge is 2.21. The largest absolute Gasteiger partial charge is 0.315 e. The second-order valence-electron chi connectivity index (χ2n) is 8.28. The molecule has 0 amide bonds. The fourth-order valence-corrected chi connectivity index (χ4v) is 5.18. The lowest BCUT2D eigenvalue weighted by Crippen LogP contribution is -1.95. The molecule has 7 nitrogen and oxygen atoms in total. The van der Waals surface area contributed by atoms with Crippen LogP contribution in [-0.2, 0) is 13.5 Å². The minimum atomic E-state index is 0.575. The lowest BCUT2D eigenvalue weighted by Gasteiger charge is -2.06. The summed E-state index contributed by atoms with van der Waals surface area (Å²) in [6, 6.07) is 6.04. The van der Waals surface area contributed by atoms with Crippen LogP contribution in [0.4, 0.5) is 10.9 Å². The number of anilines is 2. The smallest absolute Gasteiger partial charge is 0.211 e. The summed E-state index contributed by atoms with van der Waals surface area (Å²) in [5, 5.41) is 18.7. The van der Waals surface area contributed by atoms with Crippen molar-refractivity contribution in [2.24, 2.45) is 7.05 Å². The second kappa shape index (κ2) is 8.70. The third-order valence-electron chi connectivity index (χ3n) is 5.90. The van der Waals surface area contributed by atoms with E-state index in [0.717, 1.165) is 63.1 Å². The minimum Gasteiger partial charge on any atom is -0.315 e. The van der Waals surface area contributed by atoms with Crippen molar-refractivity contribution in [2.45, 2.75) is 57.8 Å². The van der Waals surface area contributed by atoms with Gasteiger partial charge in [-0.25, -0.2) is 4.98 Å². The molecule has 0 bridgehead atoms. The Hall–Kier alpha value is -2.87. The van der Waals surface area contributed by atoms with Crippen LogP contribution in [0, 0.1) is 0 Å². The summed E-state index contributed by atoms with van der Waals surface area (Å²) in [6.07, 6.45) is 12.3. The van der Waals surface area contributed by atoms with E-state index >= 15 is 0 Å². The van der Waals surface area contributed by atoms with E-state index in [1.807, 2.05) is 30.1 Å². The van der Waals surface area contributed by atoms with Gasteiger partial charge in [-0.3, -0.25) is 9.67 Å². The average molecular weight is 434 g/mol.